The zero-order chi connectivity index (χ0) is 18.6. The summed E-state index contributed by atoms with van der Waals surface area (Å²) in [6.07, 6.45) is 3.81. The Morgan fingerprint density at radius 3 is 2.70 bits per heavy atom. The van der Waals surface area contributed by atoms with Gasteiger partial charge in [-0.05, 0) is 61.3 Å². The molecule has 1 N–H and O–H groups in total. The monoisotopic (exact) mass is 365 g/mol. The van der Waals surface area contributed by atoms with Gasteiger partial charge in [0.2, 0.25) is 5.91 Å². The first-order valence-electron chi connectivity index (χ1n) is 9.91. The molecule has 27 heavy (non-hydrogen) atoms. The Kier molecular flexibility index (Phi) is 5.33. The Morgan fingerprint density at radius 1 is 1.11 bits per heavy atom. The molecule has 0 bridgehead atoms. The van der Waals surface area contributed by atoms with Gasteiger partial charge in [0.15, 0.2) is 11.5 Å². The maximum Gasteiger partial charge on any atom is 0.220 e. The van der Waals surface area contributed by atoms with E-state index in [9.17, 15) is 4.79 Å². The van der Waals surface area contributed by atoms with Crippen molar-refractivity contribution in [3.05, 3.63) is 59.2 Å². The molecule has 1 unspecified atom stereocenters. The molecule has 4 heteroatoms. The molecule has 1 saturated carbocycles. The quantitative estimate of drug-likeness (QED) is 0.806. The highest BCUT2D eigenvalue weighted by atomic mass is 16.6. The summed E-state index contributed by atoms with van der Waals surface area (Å²) >= 11 is 0. The molecule has 1 aliphatic carbocycles. The van der Waals surface area contributed by atoms with Crippen molar-refractivity contribution >= 4 is 5.91 Å². The molecule has 0 radical (unpaired) electrons. The first-order chi connectivity index (χ1) is 13.2. The van der Waals surface area contributed by atoms with Gasteiger partial charge >= 0.3 is 0 Å². The lowest BCUT2D eigenvalue weighted by Crippen LogP contribution is -2.27. The Balaban J connectivity index is 1.35. The molecule has 1 fully saturated rings. The predicted molar refractivity (Wildman–Crippen MR) is 105 cm³/mol. The van der Waals surface area contributed by atoms with Crippen LogP contribution in [0.4, 0.5) is 0 Å². The molecule has 0 spiro atoms. The Bertz CT molecular complexity index is 813. The fourth-order valence-corrected chi connectivity index (χ4v) is 3.83. The van der Waals surface area contributed by atoms with Gasteiger partial charge in [-0.15, -0.1) is 0 Å². The number of benzene rings is 2. The lowest BCUT2D eigenvalue weighted by atomic mass is 9.90. The third-order valence-corrected chi connectivity index (χ3v) is 5.41. The fourth-order valence-electron chi connectivity index (χ4n) is 3.83. The lowest BCUT2D eigenvalue weighted by molar-refractivity contribution is -0.121. The van der Waals surface area contributed by atoms with E-state index >= 15 is 0 Å². The van der Waals surface area contributed by atoms with Gasteiger partial charge in [0.1, 0.15) is 13.2 Å². The Hall–Kier alpha value is -2.49. The van der Waals surface area contributed by atoms with E-state index in [0.717, 1.165) is 17.9 Å². The number of carbonyl (C=O) groups excluding carboxylic acids is 1. The van der Waals surface area contributed by atoms with Crippen molar-refractivity contribution in [3.8, 4) is 11.5 Å². The van der Waals surface area contributed by atoms with Gasteiger partial charge in [0.05, 0.1) is 0 Å². The van der Waals surface area contributed by atoms with Gasteiger partial charge in [-0.2, -0.15) is 0 Å². The molecule has 4 rings (SSSR count). The summed E-state index contributed by atoms with van der Waals surface area (Å²) in [5, 5.41) is 3.10. The van der Waals surface area contributed by atoms with Crippen LogP contribution in [0.5, 0.6) is 11.5 Å². The molecule has 2 aromatic carbocycles. The first kappa shape index (κ1) is 17.9. The zero-order valence-corrected chi connectivity index (χ0v) is 15.9. The van der Waals surface area contributed by atoms with E-state index in [4.69, 9.17) is 9.47 Å². The van der Waals surface area contributed by atoms with E-state index in [-0.39, 0.29) is 11.8 Å². The predicted octanol–water partition coefficient (Wildman–Crippen LogP) is 4.01. The largest absolute Gasteiger partial charge is 0.486 e. The third-order valence-electron chi connectivity index (χ3n) is 5.41. The van der Waals surface area contributed by atoms with E-state index in [1.807, 2.05) is 6.07 Å². The second-order valence-corrected chi connectivity index (χ2v) is 7.64. The zero-order valence-electron chi connectivity index (χ0n) is 15.9. The summed E-state index contributed by atoms with van der Waals surface area (Å²) in [4.78, 5) is 12.5. The van der Waals surface area contributed by atoms with E-state index in [1.165, 1.54) is 29.5 Å². The summed E-state index contributed by atoms with van der Waals surface area (Å²) in [6, 6.07) is 14.6. The van der Waals surface area contributed by atoms with Gasteiger partial charge < -0.3 is 14.8 Å². The van der Waals surface area contributed by atoms with Crippen LogP contribution in [0.1, 0.15) is 41.9 Å². The molecule has 142 valence electrons. The number of hydrogen-bond acceptors (Lipinski definition) is 3. The maximum atomic E-state index is 12.5. The van der Waals surface area contributed by atoms with Crippen LogP contribution >= 0.6 is 0 Å². The van der Waals surface area contributed by atoms with Crippen molar-refractivity contribution in [2.24, 2.45) is 5.92 Å². The molecule has 4 nitrogen and oxygen atoms in total. The smallest absolute Gasteiger partial charge is 0.220 e. The third kappa shape index (κ3) is 4.62. The molecule has 2 aromatic rings. The van der Waals surface area contributed by atoms with E-state index in [2.05, 4.69) is 48.6 Å². The number of carbonyl (C=O) groups is 1. The van der Waals surface area contributed by atoms with Gasteiger partial charge in [0.25, 0.3) is 0 Å². The molecule has 0 aromatic heterocycles. The van der Waals surface area contributed by atoms with Gasteiger partial charge in [-0.3, -0.25) is 4.79 Å². The SMILES string of the molecule is Cc1cccc(CCNC(=O)CC(c2ccc3c(c2)OCCO3)C2CC2)c1. The molecular weight excluding hydrogens is 338 g/mol. The van der Waals surface area contributed by atoms with Gasteiger partial charge in [-0.1, -0.05) is 35.9 Å². The van der Waals surface area contributed by atoms with Crippen LogP contribution in [0.2, 0.25) is 0 Å². The van der Waals surface area contributed by atoms with Crippen LogP contribution in [-0.2, 0) is 11.2 Å². The average molecular weight is 365 g/mol. The van der Waals surface area contributed by atoms with Crippen LogP contribution in [0.25, 0.3) is 0 Å². The molecule has 1 heterocycles. The number of rotatable bonds is 7. The molecule has 0 saturated heterocycles. The normalized spacial score (nSPS) is 16.6. The average Bonchev–Trinajstić information content (AvgIpc) is 3.51. The highest BCUT2D eigenvalue weighted by Gasteiger charge is 2.34. The minimum atomic E-state index is 0.134. The molecule has 1 amide bonds. The van der Waals surface area contributed by atoms with Crippen LogP contribution in [-0.4, -0.2) is 25.7 Å². The second-order valence-electron chi connectivity index (χ2n) is 7.64. The van der Waals surface area contributed by atoms with E-state index in [0.29, 0.717) is 32.1 Å². The Labute approximate surface area is 160 Å². The van der Waals surface area contributed by atoms with Crippen molar-refractivity contribution in [1.82, 2.24) is 5.32 Å². The fraction of sp³-hybridized carbons (Fsp3) is 0.435. The summed E-state index contributed by atoms with van der Waals surface area (Å²) in [6.45, 7) is 3.96. The highest BCUT2D eigenvalue weighted by molar-refractivity contribution is 5.77. The molecular formula is C23H27NO3. The van der Waals surface area contributed by atoms with Crippen LogP contribution < -0.4 is 14.8 Å². The van der Waals surface area contributed by atoms with E-state index < -0.39 is 0 Å². The van der Waals surface area contributed by atoms with Gasteiger partial charge in [-0.25, -0.2) is 0 Å². The highest BCUT2D eigenvalue weighted by Crippen LogP contribution is 2.46. The van der Waals surface area contributed by atoms with Crippen molar-refractivity contribution in [1.29, 1.82) is 0 Å². The lowest BCUT2D eigenvalue weighted by Gasteiger charge is -2.22. The number of aryl methyl sites for hydroxylation is 1. The number of amides is 1. The molecule has 1 atom stereocenters. The van der Waals surface area contributed by atoms with E-state index in [1.54, 1.807) is 0 Å². The van der Waals surface area contributed by atoms with Crippen molar-refractivity contribution in [2.45, 2.75) is 38.5 Å². The van der Waals surface area contributed by atoms with Crippen LogP contribution in [0, 0.1) is 12.8 Å². The van der Waals surface area contributed by atoms with Gasteiger partial charge in [0, 0.05) is 13.0 Å². The minimum absolute atomic E-state index is 0.134. The van der Waals surface area contributed by atoms with Crippen molar-refractivity contribution < 1.29 is 14.3 Å². The summed E-state index contributed by atoms with van der Waals surface area (Å²) in [7, 11) is 0. The number of nitrogens with one attached hydrogen (secondary N) is 1. The second kappa shape index (κ2) is 8.03. The van der Waals surface area contributed by atoms with Crippen molar-refractivity contribution in [2.75, 3.05) is 19.8 Å². The summed E-state index contributed by atoms with van der Waals surface area (Å²) < 4.78 is 11.3. The molecule has 1 aliphatic heterocycles. The number of ether oxygens (including phenoxy) is 2. The topological polar surface area (TPSA) is 47.6 Å². The van der Waals surface area contributed by atoms with Crippen LogP contribution in [0.15, 0.2) is 42.5 Å². The van der Waals surface area contributed by atoms with Crippen molar-refractivity contribution in [3.63, 3.8) is 0 Å². The first-order valence-corrected chi connectivity index (χ1v) is 9.91. The summed E-state index contributed by atoms with van der Waals surface area (Å²) in [5.74, 6) is 2.62. The summed E-state index contributed by atoms with van der Waals surface area (Å²) in [5.41, 5.74) is 3.71. The molecule has 2 aliphatic rings. The number of fused-ring (bicyclic) bond motifs is 1. The minimum Gasteiger partial charge on any atom is -0.486 e. The standard InChI is InChI=1S/C23H27NO3/c1-16-3-2-4-17(13-16)9-10-24-23(25)15-20(18-5-6-18)19-7-8-21-22(14-19)27-12-11-26-21/h2-4,7-8,13-14,18,20H,5-6,9-12,15H2,1H3,(H,24,25). The maximum absolute atomic E-state index is 12.5. The Morgan fingerprint density at radius 2 is 1.93 bits per heavy atom. The number of hydrogen-bond donors (Lipinski definition) is 1. The van der Waals surface area contributed by atoms with Crippen LogP contribution in [0.3, 0.4) is 0 Å².